The van der Waals surface area contributed by atoms with Gasteiger partial charge in [-0.3, -0.25) is 4.90 Å². The highest BCUT2D eigenvalue weighted by molar-refractivity contribution is 5.38. The molecule has 3 rings (SSSR count). The van der Waals surface area contributed by atoms with Gasteiger partial charge in [0.1, 0.15) is 5.75 Å². The summed E-state index contributed by atoms with van der Waals surface area (Å²) in [5.74, 6) is 0.399. The lowest BCUT2D eigenvalue weighted by molar-refractivity contribution is -0.0151. The molecule has 1 aliphatic heterocycles. The fourth-order valence-electron chi connectivity index (χ4n) is 3.81. The Balaban J connectivity index is 1.73. The van der Waals surface area contributed by atoms with E-state index < -0.39 is 0 Å². The molecule has 1 fully saturated rings. The third-order valence-electron chi connectivity index (χ3n) is 4.82. The van der Waals surface area contributed by atoms with Crippen molar-refractivity contribution < 1.29 is 9.84 Å². The van der Waals surface area contributed by atoms with E-state index in [2.05, 4.69) is 17.9 Å². The van der Waals surface area contributed by atoms with Crippen molar-refractivity contribution >= 4 is 0 Å². The van der Waals surface area contributed by atoms with E-state index in [9.17, 15) is 5.11 Å². The number of benzene rings is 1. The predicted molar refractivity (Wildman–Crippen MR) is 84.6 cm³/mol. The van der Waals surface area contributed by atoms with Gasteiger partial charge < -0.3 is 9.84 Å². The van der Waals surface area contributed by atoms with Crippen molar-refractivity contribution in [2.24, 2.45) is 0 Å². The average molecular weight is 289 g/mol. The van der Waals surface area contributed by atoms with E-state index in [1.54, 1.807) is 0 Å². The normalized spacial score (nSPS) is 26.5. The summed E-state index contributed by atoms with van der Waals surface area (Å²) < 4.78 is 5.97. The third-order valence-corrected chi connectivity index (χ3v) is 4.82. The second-order valence-electron chi connectivity index (χ2n) is 6.42. The number of aryl methyl sites for hydroxylation is 1. The molecule has 2 atom stereocenters. The van der Waals surface area contributed by atoms with E-state index in [0.29, 0.717) is 17.9 Å². The van der Waals surface area contributed by atoms with Crippen molar-refractivity contribution in [3.8, 4) is 5.75 Å². The maximum atomic E-state index is 9.83. The molecule has 3 nitrogen and oxygen atoms in total. The second-order valence-corrected chi connectivity index (χ2v) is 6.42. The minimum absolute atomic E-state index is 0.390. The molecule has 0 radical (unpaired) electrons. The van der Waals surface area contributed by atoms with Gasteiger partial charge in [-0.1, -0.05) is 13.0 Å². The van der Waals surface area contributed by atoms with Crippen molar-refractivity contribution in [1.82, 2.24) is 4.90 Å². The van der Waals surface area contributed by atoms with Gasteiger partial charge in [-0.2, -0.15) is 0 Å². The lowest BCUT2D eigenvalue weighted by Gasteiger charge is -2.40. The molecule has 1 aromatic carbocycles. The van der Waals surface area contributed by atoms with E-state index in [0.717, 1.165) is 32.5 Å². The molecule has 1 saturated heterocycles. The number of nitrogens with zero attached hydrogens (tertiary/aromatic N) is 1. The van der Waals surface area contributed by atoms with Crippen molar-refractivity contribution in [2.75, 3.05) is 19.7 Å². The molecule has 2 aliphatic rings. The Hall–Kier alpha value is -1.06. The van der Waals surface area contributed by atoms with Gasteiger partial charge in [0.15, 0.2) is 0 Å². The maximum Gasteiger partial charge on any atom is 0.115 e. The van der Waals surface area contributed by atoms with Crippen LogP contribution in [-0.2, 0) is 11.2 Å². The Morgan fingerprint density at radius 3 is 3.05 bits per heavy atom. The lowest BCUT2D eigenvalue weighted by Crippen LogP contribution is -2.42. The number of hydrogen-bond acceptors (Lipinski definition) is 3. The third kappa shape index (κ3) is 3.41. The standard InChI is InChI=1S/C18H27NO2/c1-2-11-21-16-6-4-10-19(13-16)18-7-3-5-14-8-9-15(20)12-17(14)18/h8-9,12,16,18,20H,2-7,10-11,13H2,1H3. The zero-order valence-electron chi connectivity index (χ0n) is 13.1. The van der Waals surface area contributed by atoms with Gasteiger partial charge in [-0.15, -0.1) is 0 Å². The highest BCUT2D eigenvalue weighted by Gasteiger charge is 2.30. The minimum Gasteiger partial charge on any atom is -0.508 e. The molecule has 1 heterocycles. The largest absolute Gasteiger partial charge is 0.508 e. The van der Waals surface area contributed by atoms with Crippen LogP contribution in [0.15, 0.2) is 18.2 Å². The van der Waals surface area contributed by atoms with Gasteiger partial charge >= 0.3 is 0 Å². The molecule has 0 aromatic heterocycles. The van der Waals surface area contributed by atoms with E-state index in [-0.39, 0.29) is 0 Å². The molecule has 1 aliphatic carbocycles. The minimum atomic E-state index is 0.390. The van der Waals surface area contributed by atoms with Crippen LogP contribution in [0.2, 0.25) is 0 Å². The van der Waals surface area contributed by atoms with Gasteiger partial charge in [0.2, 0.25) is 0 Å². The summed E-state index contributed by atoms with van der Waals surface area (Å²) in [6.45, 7) is 5.24. The number of fused-ring (bicyclic) bond motifs is 1. The van der Waals surface area contributed by atoms with Gasteiger partial charge in [0.25, 0.3) is 0 Å². The van der Waals surface area contributed by atoms with Gasteiger partial charge in [-0.25, -0.2) is 0 Å². The average Bonchev–Trinajstić information content (AvgIpc) is 2.52. The second kappa shape index (κ2) is 6.80. The quantitative estimate of drug-likeness (QED) is 0.918. The molecule has 1 N–H and O–H groups in total. The van der Waals surface area contributed by atoms with Gasteiger partial charge in [0, 0.05) is 19.2 Å². The van der Waals surface area contributed by atoms with Gasteiger partial charge in [-0.05, 0) is 68.3 Å². The maximum absolute atomic E-state index is 9.83. The van der Waals surface area contributed by atoms with Crippen molar-refractivity contribution in [3.05, 3.63) is 29.3 Å². The van der Waals surface area contributed by atoms with Crippen LogP contribution in [0.5, 0.6) is 5.75 Å². The highest BCUT2D eigenvalue weighted by atomic mass is 16.5. The summed E-state index contributed by atoms with van der Waals surface area (Å²) in [4.78, 5) is 2.58. The molecule has 2 unspecified atom stereocenters. The molecular formula is C18H27NO2. The number of ether oxygens (including phenoxy) is 1. The Labute approximate surface area is 127 Å². The Bertz CT molecular complexity index is 474. The van der Waals surface area contributed by atoms with Crippen LogP contribution in [-0.4, -0.2) is 35.8 Å². The van der Waals surface area contributed by atoms with Crippen LogP contribution in [0.1, 0.15) is 56.2 Å². The first kappa shape index (κ1) is 14.9. The van der Waals surface area contributed by atoms with E-state index in [1.807, 2.05) is 12.1 Å². The number of phenolic OH excluding ortho intramolecular Hbond substituents is 1. The lowest BCUT2D eigenvalue weighted by atomic mass is 9.85. The number of likely N-dealkylation sites (tertiary alicyclic amines) is 1. The highest BCUT2D eigenvalue weighted by Crippen LogP contribution is 2.37. The Morgan fingerprint density at radius 2 is 2.19 bits per heavy atom. The zero-order chi connectivity index (χ0) is 14.7. The first-order valence-corrected chi connectivity index (χ1v) is 8.45. The molecule has 116 valence electrons. The first-order valence-electron chi connectivity index (χ1n) is 8.45. The predicted octanol–water partition coefficient (Wildman–Crippen LogP) is 3.66. The number of rotatable bonds is 4. The summed E-state index contributed by atoms with van der Waals surface area (Å²) in [5, 5.41) is 9.83. The van der Waals surface area contributed by atoms with E-state index >= 15 is 0 Å². The molecule has 0 saturated carbocycles. The number of aromatic hydroxyl groups is 1. The van der Waals surface area contributed by atoms with E-state index in [4.69, 9.17) is 4.74 Å². The molecule has 1 aromatic rings. The Kier molecular flexibility index (Phi) is 4.81. The van der Waals surface area contributed by atoms with Crippen LogP contribution < -0.4 is 0 Å². The summed E-state index contributed by atoms with van der Waals surface area (Å²) in [6, 6.07) is 6.38. The number of hydrogen-bond donors (Lipinski definition) is 1. The smallest absolute Gasteiger partial charge is 0.115 e. The molecule has 21 heavy (non-hydrogen) atoms. The number of phenols is 1. The van der Waals surface area contributed by atoms with Gasteiger partial charge in [0.05, 0.1) is 6.10 Å². The zero-order valence-corrected chi connectivity index (χ0v) is 13.1. The van der Waals surface area contributed by atoms with Crippen molar-refractivity contribution in [2.45, 2.75) is 57.6 Å². The molecular weight excluding hydrogens is 262 g/mol. The van der Waals surface area contributed by atoms with Crippen LogP contribution in [0.4, 0.5) is 0 Å². The van der Waals surface area contributed by atoms with Crippen molar-refractivity contribution in [3.63, 3.8) is 0 Å². The fourth-order valence-corrected chi connectivity index (χ4v) is 3.81. The SMILES string of the molecule is CCCOC1CCCN(C2CCCc3ccc(O)cc32)C1. The molecule has 3 heteroatoms. The van der Waals surface area contributed by atoms with Crippen LogP contribution in [0, 0.1) is 0 Å². The Morgan fingerprint density at radius 1 is 1.29 bits per heavy atom. The van der Waals surface area contributed by atoms with Crippen LogP contribution in [0.3, 0.4) is 0 Å². The topological polar surface area (TPSA) is 32.7 Å². The fraction of sp³-hybridized carbons (Fsp3) is 0.667. The first-order chi connectivity index (χ1) is 10.3. The summed E-state index contributed by atoms with van der Waals surface area (Å²) >= 11 is 0. The molecule has 0 bridgehead atoms. The van der Waals surface area contributed by atoms with Crippen LogP contribution >= 0.6 is 0 Å². The summed E-state index contributed by atoms with van der Waals surface area (Å²) in [6.07, 6.45) is 7.50. The summed E-state index contributed by atoms with van der Waals surface area (Å²) in [5.41, 5.74) is 2.76. The van der Waals surface area contributed by atoms with Crippen LogP contribution in [0.25, 0.3) is 0 Å². The summed E-state index contributed by atoms with van der Waals surface area (Å²) in [7, 11) is 0. The molecule has 0 amide bonds. The van der Waals surface area contributed by atoms with Crippen molar-refractivity contribution in [1.29, 1.82) is 0 Å². The monoisotopic (exact) mass is 289 g/mol. The molecule has 0 spiro atoms. The van der Waals surface area contributed by atoms with E-state index in [1.165, 1.54) is 36.8 Å². The number of piperidine rings is 1.